The van der Waals surface area contributed by atoms with Crippen molar-refractivity contribution < 1.29 is 18.0 Å². The van der Waals surface area contributed by atoms with E-state index in [1.807, 2.05) is 0 Å². The van der Waals surface area contributed by atoms with Gasteiger partial charge in [-0.1, -0.05) is 19.9 Å². The van der Waals surface area contributed by atoms with Crippen LogP contribution in [0.4, 0.5) is 10.5 Å². The van der Waals surface area contributed by atoms with Crippen LogP contribution >= 0.6 is 0 Å². The molecule has 7 nitrogen and oxygen atoms in total. The van der Waals surface area contributed by atoms with Gasteiger partial charge in [0.2, 0.25) is 0 Å². The molecular weight excluding hydrogens is 342 g/mol. The molecule has 8 heteroatoms. The molecule has 1 aliphatic rings. The van der Waals surface area contributed by atoms with Gasteiger partial charge in [0, 0.05) is 23.8 Å². The molecular formula is C17H25N3O4S. The highest BCUT2D eigenvalue weighted by atomic mass is 32.2. The zero-order valence-electron chi connectivity index (χ0n) is 14.5. The summed E-state index contributed by atoms with van der Waals surface area (Å²) in [7, 11) is -3.04. The molecule has 1 unspecified atom stereocenters. The summed E-state index contributed by atoms with van der Waals surface area (Å²) in [5.41, 5.74) is 0.944. The second-order valence-electron chi connectivity index (χ2n) is 6.72. The predicted octanol–water partition coefficient (Wildman–Crippen LogP) is 1.77. The van der Waals surface area contributed by atoms with Crippen LogP contribution < -0.4 is 16.0 Å². The van der Waals surface area contributed by atoms with E-state index in [0.717, 1.165) is 6.42 Å². The maximum absolute atomic E-state index is 12.1. The molecule has 1 heterocycles. The van der Waals surface area contributed by atoms with Gasteiger partial charge < -0.3 is 16.0 Å². The van der Waals surface area contributed by atoms with E-state index in [1.54, 1.807) is 24.3 Å². The molecule has 1 aromatic rings. The van der Waals surface area contributed by atoms with Crippen LogP contribution in [-0.2, 0) is 9.84 Å². The number of sulfone groups is 1. The topological polar surface area (TPSA) is 104 Å². The van der Waals surface area contributed by atoms with Crippen LogP contribution in [0.15, 0.2) is 24.3 Å². The second-order valence-corrected chi connectivity index (χ2v) is 8.95. The standard InChI is InChI=1S/C17H25N3O4S/c1-12(2)6-8-18-16(21)13-4-3-5-14(10-13)19-17(22)20-15-7-9-25(23,24)11-15/h3-5,10,12,15H,6-9,11H2,1-2H3,(H,18,21)(H2,19,20,22). The highest BCUT2D eigenvalue weighted by Crippen LogP contribution is 2.13. The average Bonchev–Trinajstić information content (AvgIpc) is 2.85. The van der Waals surface area contributed by atoms with Crippen LogP contribution in [0.25, 0.3) is 0 Å². The number of nitrogens with one attached hydrogen (secondary N) is 3. The van der Waals surface area contributed by atoms with E-state index in [-0.39, 0.29) is 23.5 Å². The summed E-state index contributed by atoms with van der Waals surface area (Å²) in [5.74, 6) is 0.394. The Labute approximate surface area is 148 Å². The number of carbonyl (C=O) groups is 2. The Morgan fingerprint density at radius 1 is 1.28 bits per heavy atom. The summed E-state index contributed by atoms with van der Waals surface area (Å²) in [6.07, 6.45) is 1.32. The molecule has 3 N–H and O–H groups in total. The fraction of sp³-hybridized carbons (Fsp3) is 0.529. The average molecular weight is 367 g/mol. The molecule has 25 heavy (non-hydrogen) atoms. The number of carbonyl (C=O) groups excluding carboxylic acids is 2. The number of hydrogen-bond donors (Lipinski definition) is 3. The van der Waals surface area contributed by atoms with Crippen LogP contribution in [0.2, 0.25) is 0 Å². The van der Waals surface area contributed by atoms with Crippen LogP contribution in [-0.4, -0.2) is 44.4 Å². The van der Waals surface area contributed by atoms with Gasteiger partial charge in [-0.3, -0.25) is 4.79 Å². The highest BCUT2D eigenvalue weighted by molar-refractivity contribution is 7.91. The van der Waals surface area contributed by atoms with Crippen molar-refractivity contribution in [3.8, 4) is 0 Å². The molecule has 1 saturated heterocycles. The van der Waals surface area contributed by atoms with Crippen molar-refractivity contribution in [1.29, 1.82) is 0 Å². The van der Waals surface area contributed by atoms with E-state index in [9.17, 15) is 18.0 Å². The summed E-state index contributed by atoms with van der Waals surface area (Å²) in [4.78, 5) is 24.1. The number of anilines is 1. The van der Waals surface area contributed by atoms with E-state index in [0.29, 0.717) is 30.1 Å². The van der Waals surface area contributed by atoms with E-state index in [2.05, 4.69) is 29.8 Å². The van der Waals surface area contributed by atoms with Gasteiger partial charge in [0.05, 0.1) is 11.5 Å². The van der Waals surface area contributed by atoms with Crippen molar-refractivity contribution in [2.45, 2.75) is 32.7 Å². The first-order chi connectivity index (χ1) is 11.7. The molecule has 1 aromatic carbocycles. The fourth-order valence-corrected chi connectivity index (χ4v) is 4.25. The van der Waals surface area contributed by atoms with Crippen LogP contribution in [0.3, 0.4) is 0 Å². The molecule has 1 aliphatic heterocycles. The predicted molar refractivity (Wildman–Crippen MR) is 97.4 cm³/mol. The quantitative estimate of drug-likeness (QED) is 0.713. The molecule has 138 valence electrons. The molecule has 0 spiro atoms. The summed E-state index contributed by atoms with van der Waals surface area (Å²) in [5, 5.41) is 8.13. The van der Waals surface area contributed by atoms with E-state index >= 15 is 0 Å². The SMILES string of the molecule is CC(C)CCNC(=O)c1cccc(NC(=O)NC2CCS(=O)(=O)C2)c1. The molecule has 0 aliphatic carbocycles. The van der Waals surface area contributed by atoms with E-state index in [1.165, 1.54) is 0 Å². The van der Waals surface area contributed by atoms with Crippen molar-refractivity contribution in [3.05, 3.63) is 29.8 Å². The Balaban J connectivity index is 1.88. The fourth-order valence-electron chi connectivity index (χ4n) is 2.58. The Morgan fingerprint density at radius 2 is 2.04 bits per heavy atom. The molecule has 0 saturated carbocycles. The van der Waals surface area contributed by atoms with Gasteiger partial charge in [-0.2, -0.15) is 0 Å². The minimum Gasteiger partial charge on any atom is -0.352 e. The Morgan fingerprint density at radius 3 is 2.68 bits per heavy atom. The molecule has 1 fully saturated rings. The lowest BCUT2D eigenvalue weighted by atomic mass is 10.1. The summed E-state index contributed by atoms with van der Waals surface area (Å²) in [6.45, 7) is 4.78. The monoisotopic (exact) mass is 367 g/mol. The van der Waals surface area contributed by atoms with Crippen molar-refractivity contribution >= 4 is 27.5 Å². The molecule has 1 atom stereocenters. The number of hydrogen-bond acceptors (Lipinski definition) is 4. The third-order valence-electron chi connectivity index (χ3n) is 3.96. The third-order valence-corrected chi connectivity index (χ3v) is 5.73. The van der Waals surface area contributed by atoms with E-state index < -0.39 is 15.9 Å². The minimum atomic E-state index is -3.04. The summed E-state index contributed by atoms with van der Waals surface area (Å²) < 4.78 is 22.8. The first-order valence-electron chi connectivity index (χ1n) is 8.41. The molecule has 0 bridgehead atoms. The maximum atomic E-state index is 12.1. The van der Waals surface area contributed by atoms with Gasteiger partial charge in [0.1, 0.15) is 0 Å². The lowest BCUT2D eigenvalue weighted by molar-refractivity contribution is 0.0952. The number of rotatable bonds is 6. The van der Waals surface area contributed by atoms with Crippen LogP contribution in [0, 0.1) is 5.92 Å². The number of urea groups is 1. The van der Waals surface area contributed by atoms with E-state index in [4.69, 9.17) is 0 Å². The molecule has 0 aromatic heterocycles. The summed E-state index contributed by atoms with van der Waals surface area (Å²) >= 11 is 0. The maximum Gasteiger partial charge on any atom is 0.319 e. The molecule has 0 radical (unpaired) electrons. The van der Waals surface area contributed by atoms with Gasteiger partial charge in [0.15, 0.2) is 9.84 Å². The van der Waals surface area contributed by atoms with Crippen LogP contribution in [0.5, 0.6) is 0 Å². The van der Waals surface area contributed by atoms with Gasteiger partial charge >= 0.3 is 6.03 Å². The molecule has 2 rings (SSSR count). The number of benzene rings is 1. The normalized spacial score (nSPS) is 18.8. The lowest BCUT2D eigenvalue weighted by Crippen LogP contribution is -2.38. The Kier molecular flexibility index (Phi) is 6.41. The Bertz CT molecular complexity index is 731. The van der Waals surface area contributed by atoms with Gasteiger partial charge in [-0.25, -0.2) is 13.2 Å². The minimum absolute atomic E-state index is 0.0291. The third kappa shape index (κ3) is 6.38. The van der Waals surface area contributed by atoms with Gasteiger partial charge in [-0.15, -0.1) is 0 Å². The molecule has 3 amide bonds. The van der Waals surface area contributed by atoms with Crippen molar-refractivity contribution in [2.75, 3.05) is 23.4 Å². The van der Waals surface area contributed by atoms with Crippen molar-refractivity contribution in [2.24, 2.45) is 5.92 Å². The van der Waals surface area contributed by atoms with Gasteiger partial charge in [-0.05, 0) is 37.0 Å². The first-order valence-corrected chi connectivity index (χ1v) is 10.2. The zero-order valence-corrected chi connectivity index (χ0v) is 15.4. The second kappa shape index (κ2) is 8.33. The number of amides is 3. The Hall–Kier alpha value is -2.09. The largest absolute Gasteiger partial charge is 0.352 e. The van der Waals surface area contributed by atoms with Crippen molar-refractivity contribution in [3.63, 3.8) is 0 Å². The smallest absolute Gasteiger partial charge is 0.319 e. The summed E-state index contributed by atoms with van der Waals surface area (Å²) in [6, 6.07) is 5.79. The lowest BCUT2D eigenvalue weighted by Gasteiger charge is -2.13. The van der Waals surface area contributed by atoms with Gasteiger partial charge in [0.25, 0.3) is 5.91 Å². The highest BCUT2D eigenvalue weighted by Gasteiger charge is 2.28. The van der Waals surface area contributed by atoms with Crippen LogP contribution in [0.1, 0.15) is 37.0 Å². The first kappa shape index (κ1) is 19.2. The van der Waals surface area contributed by atoms with Crippen molar-refractivity contribution in [1.82, 2.24) is 10.6 Å². The zero-order chi connectivity index (χ0) is 18.4.